The molecule has 1 aromatic carbocycles. The molecule has 0 spiro atoms. The van der Waals surface area contributed by atoms with Crippen LogP contribution in [0.2, 0.25) is 10.0 Å². The number of hydrogen-bond acceptors (Lipinski definition) is 1. The zero-order valence-electron chi connectivity index (χ0n) is 12.6. The van der Waals surface area contributed by atoms with Gasteiger partial charge in [-0.3, -0.25) is 0 Å². The zero-order chi connectivity index (χ0) is 15.1. The lowest BCUT2D eigenvalue weighted by atomic mass is 9.77. The van der Waals surface area contributed by atoms with Crippen LogP contribution in [0.5, 0.6) is 0 Å². The average Bonchev–Trinajstić information content (AvgIpc) is 2.84. The van der Waals surface area contributed by atoms with E-state index in [0.717, 1.165) is 5.69 Å². The second-order valence-corrected chi connectivity index (χ2v) is 7.13. The normalized spacial score (nSPS) is 21.6. The Hall–Kier alpha value is -0.990. The predicted molar refractivity (Wildman–Crippen MR) is 88.8 cm³/mol. The molecule has 1 aliphatic rings. The highest BCUT2D eigenvalue weighted by atomic mass is 35.5. The van der Waals surface area contributed by atoms with Crippen molar-refractivity contribution in [2.45, 2.75) is 45.4 Å². The van der Waals surface area contributed by atoms with Gasteiger partial charge < -0.3 is 0 Å². The van der Waals surface area contributed by atoms with E-state index in [9.17, 15) is 0 Å². The number of hydrogen-bond donors (Lipinski definition) is 0. The molecule has 0 amide bonds. The van der Waals surface area contributed by atoms with Crippen LogP contribution in [0.4, 0.5) is 0 Å². The number of nitrogens with zero attached hydrogens (tertiary/aromatic N) is 2. The van der Waals surface area contributed by atoms with Gasteiger partial charge in [0.25, 0.3) is 0 Å². The molecular weight excluding hydrogens is 303 g/mol. The molecule has 0 saturated carbocycles. The van der Waals surface area contributed by atoms with Crippen molar-refractivity contribution in [1.82, 2.24) is 9.78 Å². The summed E-state index contributed by atoms with van der Waals surface area (Å²) in [5, 5.41) is 6.11. The molecule has 0 radical (unpaired) electrons. The van der Waals surface area contributed by atoms with E-state index in [1.807, 2.05) is 22.9 Å². The minimum absolute atomic E-state index is 0.527. The van der Waals surface area contributed by atoms with Crippen LogP contribution in [0.3, 0.4) is 0 Å². The Kier molecular flexibility index (Phi) is 4.02. The highest BCUT2D eigenvalue weighted by molar-refractivity contribution is 6.37. The van der Waals surface area contributed by atoms with Gasteiger partial charge in [0.2, 0.25) is 0 Å². The number of fused-ring (bicyclic) bond motifs is 1. The third kappa shape index (κ3) is 2.60. The first-order valence-electron chi connectivity index (χ1n) is 7.53. The molecule has 0 bridgehead atoms. The maximum Gasteiger partial charge on any atom is 0.102 e. The summed E-state index contributed by atoms with van der Waals surface area (Å²) < 4.78 is 1.87. The van der Waals surface area contributed by atoms with Crippen LogP contribution in [-0.4, -0.2) is 9.78 Å². The van der Waals surface area contributed by atoms with E-state index in [1.54, 1.807) is 0 Å². The molecule has 2 atom stereocenters. The minimum Gasteiger partial charge on any atom is -0.237 e. The molecule has 4 heteroatoms. The van der Waals surface area contributed by atoms with E-state index in [-0.39, 0.29) is 0 Å². The average molecular weight is 323 g/mol. The molecule has 0 saturated heterocycles. The van der Waals surface area contributed by atoms with E-state index >= 15 is 0 Å². The van der Waals surface area contributed by atoms with E-state index < -0.39 is 0 Å². The Balaban J connectivity index is 2.13. The van der Waals surface area contributed by atoms with Gasteiger partial charge in [0.15, 0.2) is 0 Å². The summed E-state index contributed by atoms with van der Waals surface area (Å²) in [5.74, 6) is 1.67. The SMILES string of the molecule is CC(C)[C@@H]1CC[C@H](C)c2cn(-c3c(Cl)cccc3Cl)nc21. The Morgan fingerprint density at radius 1 is 1.19 bits per heavy atom. The number of halogens is 2. The van der Waals surface area contributed by atoms with Gasteiger partial charge in [-0.1, -0.05) is 50.0 Å². The van der Waals surface area contributed by atoms with Gasteiger partial charge in [-0.2, -0.15) is 5.10 Å². The van der Waals surface area contributed by atoms with E-state index in [1.165, 1.54) is 24.1 Å². The van der Waals surface area contributed by atoms with Crippen molar-refractivity contribution in [3.05, 3.63) is 45.7 Å². The van der Waals surface area contributed by atoms with Crippen molar-refractivity contribution < 1.29 is 0 Å². The molecule has 112 valence electrons. The first-order chi connectivity index (χ1) is 9.99. The summed E-state index contributed by atoms with van der Waals surface area (Å²) in [6.07, 6.45) is 4.54. The largest absolute Gasteiger partial charge is 0.237 e. The van der Waals surface area contributed by atoms with Crippen molar-refractivity contribution in [3.8, 4) is 5.69 Å². The van der Waals surface area contributed by atoms with Gasteiger partial charge in [0.05, 0.1) is 15.7 Å². The first kappa shape index (κ1) is 14.9. The van der Waals surface area contributed by atoms with E-state index in [0.29, 0.717) is 27.8 Å². The standard InChI is InChI=1S/C17H20Cl2N2/c1-10(2)12-8-7-11(3)13-9-21(20-16(12)13)17-14(18)5-4-6-15(17)19/h4-6,9-12H,7-8H2,1-3H3/t11-,12-/m0/s1. The van der Waals surface area contributed by atoms with E-state index in [4.69, 9.17) is 28.3 Å². The summed E-state index contributed by atoms with van der Waals surface area (Å²) in [6, 6.07) is 5.57. The predicted octanol–water partition coefficient (Wildman–Crippen LogP) is 5.82. The maximum absolute atomic E-state index is 6.32. The topological polar surface area (TPSA) is 17.8 Å². The molecule has 3 rings (SSSR count). The van der Waals surface area contributed by atoms with Crippen LogP contribution in [0, 0.1) is 5.92 Å². The van der Waals surface area contributed by atoms with Gasteiger partial charge in [-0.25, -0.2) is 4.68 Å². The molecule has 0 fully saturated rings. The maximum atomic E-state index is 6.32. The third-order valence-electron chi connectivity index (χ3n) is 4.54. The second-order valence-electron chi connectivity index (χ2n) is 6.31. The third-order valence-corrected chi connectivity index (χ3v) is 5.15. The molecule has 1 aliphatic carbocycles. The molecule has 1 heterocycles. The molecule has 1 aromatic heterocycles. The van der Waals surface area contributed by atoms with Crippen molar-refractivity contribution in [3.63, 3.8) is 0 Å². The van der Waals surface area contributed by atoms with Gasteiger partial charge in [-0.15, -0.1) is 0 Å². The van der Waals surface area contributed by atoms with Crippen molar-refractivity contribution in [2.24, 2.45) is 5.92 Å². The highest BCUT2D eigenvalue weighted by Gasteiger charge is 2.30. The lowest BCUT2D eigenvalue weighted by Crippen LogP contribution is -2.16. The van der Waals surface area contributed by atoms with Crippen LogP contribution in [0.1, 0.15) is 56.7 Å². The number of aromatic nitrogens is 2. The van der Waals surface area contributed by atoms with Crippen LogP contribution in [0.15, 0.2) is 24.4 Å². The smallest absolute Gasteiger partial charge is 0.102 e. The van der Waals surface area contributed by atoms with Crippen LogP contribution in [-0.2, 0) is 0 Å². The molecule has 0 N–H and O–H groups in total. The summed E-state index contributed by atoms with van der Waals surface area (Å²) in [4.78, 5) is 0. The Morgan fingerprint density at radius 3 is 2.48 bits per heavy atom. The van der Waals surface area contributed by atoms with Crippen molar-refractivity contribution in [2.75, 3.05) is 0 Å². The quantitative estimate of drug-likeness (QED) is 0.681. The summed E-state index contributed by atoms with van der Waals surface area (Å²) in [6.45, 7) is 6.81. The van der Waals surface area contributed by atoms with Gasteiger partial charge >= 0.3 is 0 Å². The molecule has 2 aromatic rings. The number of rotatable bonds is 2. The van der Waals surface area contributed by atoms with Gasteiger partial charge in [-0.05, 0) is 42.4 Å². The highest BCUT2D eigenvalue weighted by Crippen LogP contribution is 2.42. The van der Waals surface area contributed by atoms with Gasteiger partial charge in [0.1, 0.15) is 5.69 Å². The summed E-state index contributed by atoms with van der Waals surface area (Å²) >= 11 is 12.6. The Bertz CT molecular complexity index is 641. The fourth-order valence-corrected chi connectivity index (χ4v) is 3.83. The zero-order valence-corrected chi connectivity index (χ0v) is 14.1. The monoisotopic (exact) mass is 322 g/mol. The lowest BCUT2D eigenvalue weighted by Gasteiger charge is -2.27. The first-order valence-corrected chi connectivity index (χ1v) is 8.28. The van der Waals surface area contributed by atoms with Crippen LogP contribution >= 0.6 is 23.2 Å². The second kappa shape index (κ2) is 5.66. The van der Waals surface area contributed by atoms with Gasteiger partial charge in [0, 0.05) is 12.1 Å². The summed E-state index contributed by atoms with van der Waals surface area (Å²) in [7, 11) is 0. The van der Waals surface area contributed by atoms with E-state index in [2.05, 4.69) is 27.0 Å². The fourth-order valence-electron chi connectivity index (χ4n) is 3.26. The molecule has 21 heavy (non-hydrogen) atoms. The number of benzene rings is 1. The molecule has 0 aliphatic heterocycles. The molecule has 0 unspecified atom stereocenters. The Morgan fingerprint density at radius 2 is 1.86 bits per heavy atom. The minimum atomic E-state index is 0.527. The summed E-state index contributed by atoms with van der Waals surface area (Å²) in [5.41, 5.74) is 3.35. The van der Waals surface area contributed by atoms with Crippen LogP contribution in [0.25, 0.3) is 5.69 Å². The molecule has 2 nitrogen and oxygen atoms in total. The Labute approximate surface area is 136 Å². The number of para-hydroxylation sites is 1. The molecular formula is C17H20Cl2N2. The van der Waals surface area contributed by atoms with Crippen molar-refractivity contribution in [1.29, 1.82) is 0 Å². The van der Waals surface area contributed by atoms with Crippen molar-refractivity contribution >= 4 is 23.2 Å². The lowest BCUT2D eigenvalue weighted by molar-refractivity contribution is 0.402. The van der Waals surface area contributed by atoms with Crippen LogP contribution < -0.4 is 0 Å². The fraction of sp³-hybridized carbons (Fsp3) is 0.471.